The van der Waals surface area contributed by atoms with Gasteiger partial charge in [0.15, 0.2) is 0 Å². The summed E-state index contributed by atoms with van der Waals surface area (Å²) in [7, 11) is 0. The fraction of sp³-hybridized carbons (Fsp3) is 0.593. The van der Waals surface area contributed by atoms with Crippen LogP contribution in [0.25, 0.3) is 0 Å². The number of aliphatic hydroxyl groups excluding tert-OH is 1. The molecule has 1 fully saturated rings. The molecule has 7 atom stereocenters. The van der Waals surface area contributed by atoms with Crippen molar-refractivity contribution in [1.29, 1.82) is 0 Å². The van der Waals surface area contributed by atoms with Crippen LogP contribution in [0.15, 0.2) is 30.4 Å². The minimum atomic E-state index is -0.830. The molecule has 1 heterocycles. The molecule has 2 N–H and O–H groups in total. The van der Waals surface area contributed by atoms with Crippen molar-refractivity contribution in [3.8, 4) is 0 Å². The fourth-order valence-corrected chi connectivity index (χ4v) is 5.52. The van der Waals surface area contributed by atoms with Crippen LogP contribution in [0.5, 0.6) is 0 Å². The number of nitrogens with zero attached hydrogens (tertiary/aromatic N) is 1. The summed E-state index contributed by atoms with van der Waals surface area (Å²) < 4.78 is 5.33. The van der Waals surface area contributed by atoms with Crippen LogP contribution in [0.2, 0.25) is 0 Å². The number of aliphatic hydroxyl groups is 1. The van der Waals surface area contributed by atoms with E-state index >= 15 is 0 Å². The number of amides is 2. The molecule has 1 aliphatic heterocycles. The molecule has 1 aromatic rings. The number of carbonyl (C=O) groups is 3. The zero-order valence-electron chi connectivity index (χ0n) is 21.1. The molecule has 3 rings (SSSR count). The predicted octanol–water partition coefficient (Wildman–Crippen LogP) is 3.48. The summed E-state index contributed by atoms with van der Waals surface area (Å²) in [5, 5.41) is 13.3. The minimum absolute atomic E-state index is 0.0213. The first-order valence-electron chi connectivity index (χ1n) is 12.3. The molecule has 7 heteroatoms. The number of likely N-dealkylation sites (tertiary alicyclic amines) is 1. The summed E-state index contributed by atoms with van der Waals surface area (Å²) >= 11 is 0. The lowest BCUT2D eigenvalue weighted by atomic mass is 9.70. The van der Waals surface area contributed by atoms with Gasteiger partial charge in [0.05, 0.1) is 31.1 Å². The van der Waals surface area contributed by atoms with Gasteiger partial charge in [-0.3, -0.25) is 14.4 Å². The Morgan fingerprint density at radius 1 is 1.18 bits per heavy atom. The summed E-state index contributed by atoms with van der Waals surface area (Å²) in [4.78, 5) is 42.2. The van der Waals surface area contributed by atoms with Gasteiger partial charge in [0, 0.05) is 11.6 Å². The second-order valence-corrected chi connectivity index (χ2v) is 9.71. The summed E-state index contributed by atoms with van der Waals surface area (Å²) in [6.45, 7) is 11.4. The lowest BCUT2D eigenvalue weighted by Gasteiger charge is -2.36. The van der Waals surface area contributed by atoms with Crippen molar-refractivity contribution in [1.82, 2.24) is 4.90 Å². The average molecular weight is 471 g/mol. The maximum atomic E-state index is 13.9. The fourth-order valence-electron chi connectivity index (χ4n) is 5.52. The number of allylic oxidation sites excluding steroid dienone is 1. The number of benzene rings is 1. The van der Waals surface area contributed by atoms with Gasteiger partial charge in [-0.15, -0.1) is 0 Å². The van der Waals surface area contributed by atoms with Crippen LogP contribution in [0.4, 0.5) is 5.69 Å². The molecule has 0 aromatic heterocycles. The Bertz CT molecular complexity index is 938. The minimum Gasteiger partial charge on any atom is -0.466 e. The first-order chi connectivity index (χ1) is 16.2. The van der Waals surface area contributed by atoms with Crippen LogP contribution < -0.4 is 5.32 Å². The molecule has 0 spiro atoms. The van der Waals surface area contributed by atoms with Gasteiger partial charge in [0.2, 0.25) is 11.8 Å². The average Bonchev–Trinajstić information content (AvgIpc) is 3.09. The third-order valence-corrected chi connectivity index (χ3v) is 7.61. The Morgan fingerprint density at radius 2 is 1.82 bits per heavy atom. The van der Waals surface area contributed by atoms with Gasteiger partial charge in [0.25, 0.3) is 0 Å². The number of hydrogen-bond acceptors (Lipinski definition) is 5. The van der Waals surface area contributed by atoms with Crippen molar-refractivity contribution in [3.05, 3.63) is 41.5 Å². The molecule has 186 valence electrons. The third kappa shape index (κ3) is 4.63. The van der Waals surface area contributed by atoms with Crippen LogP contribution >= 0.6 is 0 Å². The molecule has 1 aliphatic carbocycles. The Kier molecular flexibility index (Phi) is 8.18. The molecule has 2 amide bonds. The molecular formula is C27H38N2O5. The smallest absolute Gasteiger partial charge is 0.310 e. The van der Waals surface area contributed by atoms with E-state index in [9.17, 15) is 19.5 Å². The van der Waals surface area contributed by atoms with Crippen molar-refractivity contribution in [2.24, 2.45) is 29.6 Å². The van der Waals surface area contributed by atoms with Gasteiger partial charge in [-0.05, 0) is 43.7 Å². The highest BCUT2D eigenvalue weighted by Crippen LogP contribution is 2.46. The van der Waals surface area contributed by atoms with E-state index < -0.39 is 35.8 Å². The second kappa shape index (κ2) is 10.7. The summed E-state index contributed by atoms with van der Waals surface area (Å²) in [5.41, 5.74) is 2.58. The lowest BCUT2D eigenvalue weighted by Crippen LogP contribution is -2.52. The molecule has 34 heavy (non-hydrogen) atoms. The standard InChI is InChI=1S/C27H38N2O5/c1-7-15(3)20(14-30)29-24(25(31)28-23-17(5)10-9-11-18(23)6)19-13-12-16(4)21(22(19)26(29)32)27(33)34-8-2/h9-13,15-16,19-22,24,30H,7-8,14H2,1-6H3,(H,28,31)/t15-,16+,19-,20-,21+,22-,24-/m0/s1. The van der Waals surface area contributed by atoms with E-state index in [4.69, 9.17) is 4.74 Å². The van der Waals surface area contributed by atoms with Crippen LogP contribution in [0, 0.1) is 43.4 Å². The van der Waals surface area contributed by atoms with Crippen LogP contribution in [0.1, 0.15) is 45.2 Å². The number of nitrogens with one attached hydrogen (secondary N) is 1. The number of hydrogen-bond donors (Lipinski definition) is 2. The Balaban J connectivity index is 2.08. The van der Waals surface area contributed by atoms with Crippen LogP contribution in [-0.4, -0.2) is 53.1 Å². The number of aryl methyl sites for hydroxylation is 2. The quantitative estimate of drug-likeness (QED) is 0.448. The lowest BCUT2D eigenvalue weighted by molar-refractivity contribution is -0.156. The highest BCUT2D eigenvalue weighted by molar-refractivity contribution is 6.02. The van der Waals surface area contributed by atoms with E-state index in [1.165, 1.54) is 0 Å². The molecular weight excluding hydrogens is 432 g/mol. The second-order valence-electron chi connectivity index (χ2n) is 9.71. The monoisotopic (exact) mass is 470 g/mol. The third-order valence-electron chi connectivity index (χ3n) is 7.61. The molecule has 0 radical (unpaired) electrons. The summed E-state index contributed by atoms with van der Waals surface area (Å²) in [6.07, 6.45) is 4.56. The molecule has 2 aliphatic rings. The Hall–Kier alpha value is -2.67. The molecule has 0 saturated carbocycles. The summed E-state index contributed by atoms with van der Waals surface area (Å²) in [5.74, 6) is -3.05. The van der Waals surface area contributed by atoms with E-state index in [2.05, 4.69) is 5.32 Å². The highest BCUT2D eigenvalue weighted by Gasteiger charge is 2.58. The number of esters is 1. The Morgan fingerprint density at radius 3 is 2.38 bits per heavy atom. The van der Waals surface area contributed by atoms with E-state index in [1.54, 1.807) is 11.8 Å². The van der Waals surface area contributed by atoms with E-state index in [0.29, 0.717) is 0 Å². The molecule has 0 unspecified atom stereocenters. The topological polar surface area (TPSA) is 95.9 Å². The SMILES string of the molecule is CCOC(=O)[C@H]1[C@H]2C(=O)N([C@@H](CO)[C@@H](C)CC)[C@H](C(=O)Nc3c(C)cccc3C)[C@H]2C=C[C@H]1C. The van der Waals surface area contributed by atoms with E-state index in [1.807, 2.05) is 65.0 Å². The van der Waals surface area contributed by atoms with Gasteiger partial charge in [-0.25, -0.2) is 0 Å². The number of rotatable bonds is 8. The maximum Gasteiger partial charge on any atom is 0.310 e. The zero-order chi connectivity index (χ0) is 25.2. The predicted molar refractivity (Wildman–Crippen MR) is 131 cm³/mol. The van der Waals surface area contributed by atoms with Crippen molar-refractivity contribution in [3.63, 3.8) is 0 Å². The van der Waals surface area contributed by atoms with Gasteiger partial charge in [-0.1, -0.05) is 57.5 Å². The van der Waals surface area contributed by atoms with Crippen molar-refractivity contribution in [2.75, 3.05) is 18.5 Å². The normalized spacial score (nSPS) is 27.8. The molecule has 1 saturated heterocycles. The van der Waals surface area contributed by atoms with Gasteiger partial charge < -0.3 is 20.1 Å². The number of fused-ring (bicyclic) bond motifs is 1. The number of carbonyl (C=O) groups excluding carboxylic acids is 3. The first kappa shape index (κ1) is 25.9. The first-order valence-corrected chi connectivity index (χ1v) is 12.3. The molecule has 0 bridgehead atoms. The van der Waals surface area contributed by atoms with Gasteiger partial charge in [-0.2, -0.15) is 0 Å². The number of anilines is 1. The highest BCUT2D eigenvalue weighted by atomic mass is 16.5. The maximum absolute atomic E-state index is 13.9. The molecule has 7 nitrogen and oxygen atoms in total. The number of ether oxygens (including phenoxy) is 1. The van der Waals surface area contributed by atoms with E-state index in [0.717, 1.165) is 23.2 Å². The van der Waals surface area contributed by atoms with Gasteiger partial charge in [0.1, 0.15) is 6.04 Å². The van der Waals surface area contributed by atoms with Crippen LogP contribution in [0.3, 0.4) is 0 Å². The zero-order valence-corrected chi connectivity index (χ0v) is 21.1. The van der Waals surface area contributed by atoms with Crippen LogP contribution in [-0.2, 0) is 19.1 Å². The Labute approximate surface area is 202 Å². The van der Waals surface area contributed by atoms with Gasteiger partial charge >= 0.3 is 5.97 Å². The largest absolute Gasteiger partial charge is 0.466 e. The van der Waals surface area contributed by atoms with E-state index in [-0.39, 0.29) is 36.9 Å². The van der Waals surface area contributed by atoms with Crippen molar-refractivity contribution < 1.29 is 24.2 Å². The number of para-hydroxylation sites is 1. The van der Waals surface area contributed by atoms with Crippen molar-refractivity contribution >= 4 is 23.5 Å². The molecule has 1 aromatic carbocycles. The summed E-state index contributed by atoms with van der Waals surface area (Å²) in [6, 6.07) is 4.43. The van der Waals surface area contributed by atoms with Crippen molar-refractivity contribution in [2.45, 2.75) is 60.0 Å².